The number of sulfonamides is 1. The second-order valence-electron chi connectivity index (χ2n) is 7.05. The van der Waals surface area contributed by atoms with E-state index in [1.807, 2.05) is 18.7 Å². The van der Waals surface area contributed by atoms with Gasteiger partial charge in [-0.3, -0.25) is 4.79 Å². The number of fused-ring (bicyclic) bond motifs is 1. The van der Waals surface area contributed by atoms with E-state index in [1.165, 1.54) is 28.2 Å². The minimum absolute atomic E-state index is 0.0870. The lowest BCUT2D eigenvalue weighted by Crippen LogP contribution is -2.38. The molecule has 1 aliphatic rings. The van der Waals surface area contributed by atoms with Gasteiger partial charge in [0.25, 0.3) is 5.22 Å². The van der Waals surface area contributed by atoms with Crippen LogP contribution in [0.5, 0.6) is 0 Å². The van der Waals surface area contributed by atoms with Crippen LogP contribution in [0.4, 0.5) is 0 Å². The molecule has 1 amide bonds. The van der Waals surface area contributed by atoms with Gasteiger partial charge < -0.3 is 9.32 Å². The minimum Gasteiger partial charge on any atom is -0.431 e. The molecule has 0 atom stereocenters. The van der Waals surface area contributed by atoms with Gasteiger partial charge in [0.05, 0.1) is 10.6 Å². The average molecular weight is 426 g/mol. The summed E-state index contributed by atoms with van der Waals surface area (Å²) in [6.07, 6.45) is 2.09. The zero-order chi connectivity index (χ0) is 20.3. The molecule has 1 aliphatic heterocycles. The van der Waals surface area contributed by atoms with Gasteiger partial charge in [0.15, 0.2) is 5.58 Å². The third kappa shape index (κ3) is 4.52. The first-order valence-corrected chi connectivity index (χ1v) is 12.1. The van der Waals surface area contributed by atoms with Crippen molar-refractivity contribution in [3.8, 4) is 0 Å². The van der Waals surface area contributed by atoms with Crippen LogP contribution in [0.2, 0.25) is 0 Å². The fourth-order valence-corrected chi connectivity index (χ4v) is 5.51. The van der Waals surface area contributed by atoms with Gasteiger partial charge in [0, 0.05) is 26.2 Å². The Morgan fingerprint density at radius 2 is 1.96 bits per heavy atom. The van der Waals surface area contributed by atoms with E-state index in [0.717, 1.165) is 25.9 Å². The van der Waals surface area contributed by atoms with Gasteiger partial charge in [-0.2, -0.15) is 4.31 Å². The summed E-state index contributed by atoms with van der Waals surface area (Å²) in [7, 11) is -3.54. The summed E-state index contributed by atoms with van der Waals surface area (Å²) in [5.74, 6) is 1.03. The van der Waals surface area contributed by atoms with E-state index in [0.29, 0.717) is 35.3 Å². The van der Waals surface area contributed by atoms with Gasteiger partial charge in [0.2, 0.25) is 15.9 Å². The molecule has 0 N–H and O–H groups in total. The molecule has 9 heteroatoms. The van der Waals surface area contributed by atoms with E-state index < -0.39 is 10.0 Å². The predicted molar refractivity (Wildman–Crippen MR) is 110 cm³/mol. The molecule has 0 unspecified atom stereocenters. The smallest absolute Gasteiger partial charge is 0.257 e. The first-order valence-electron chi connectivity index (χ1n) is 9.66. The number of piperidine rings is 1. The summed E-state index contributed by atoms with van der Waals surface area (Å²) in [5, 5.41) is 0.381. The molecule has 0 bridgehead atoms. The quantitative estimate of drug-likeness (QED) is 0.634. The standard InChI is InChI=1S/C19H27N3O4S2/c1-4-22(5-2)28(24,25)15-6-7-17-16(12-15)20-19(26-17)27-13-18(23)21-10-8-14(3)9-11-21/h6-7,12,14H,4-5,8-11,13H2,1-3H3. The van der Waals surface area contributed by atoms with Crippen molar-refractivity contribution in [3.05, 3.63) is 18.2 Å². The fraction of sp³-hybridized carbons (Fsp3) is 0.579. The molecule has 28 heavy (non-hydrogen) atoms. The van der Waals surface area contributed by atoms with Crippen molar-refractivity contribution < 1.29 is 17.6 Å². The highest BCUT2D eigenvalue weighted by Crippen LogP contribution is 2.27. The van der Waals surface area contributed by atoms with Crippen LogP contribution in [0.15, 0.2) is 32.7 Å². The van der Waals surface area contributed by atoms with Gasteiger partial charge in [-0.15, -0.1) is 0 Å². The molecule has 7 nitrogen and oxygen atoms in total. The number of carbonyl (C=O) groups is 1. The van der Waals surface area contributed by atoms with Crippen molar-refractivity contribution in [1.82, 2.24) is 14.2 Å². The monoisotopic (exact) mass is 425 g/mol. The van der Waals surface area contributed by atoms with Crippen molar-refractivity contribution in [3.63, 3.8) is 0 Å². The number of carbonyl (C=O) groups excluding carboxylic acids is 1. The summed E-state index contributed by atoms with van der Waals surface area (Å²) >= 11 is 1.25. The summed E-state index contributed by atoms with van der Waals surface area (Å²) in [6.45, 7) is 8.27. The number of thioether (sulfide) groups is 1. The van der Waals surface area contributed by atoms with Crippen LogP contribution in [0.1, 0.15) is 33.6 Å². The van der Waals surface area contributed by atoms with Crippen LogP contribution in [0.25, 0.3) is 11.1 Å². The summed E-state index contributed by atoms with van der Waals surface area (Å²) in [4.78, 5) is 18.8. The Morgan fingerprint density at radius 3 is 2.61 bits per heavy atom. The van der Waals surface area contributed by atoms with Gasteiger partial charge in [0.1, 0.15) is 5.52 Å². The third-order valence-electron chi connectivity index (χ3n) is 5.14. The molecule has 1 fully saturated rings. The second-order valence-corrected chi connectivity index (χ2v) is 9.92. The number of hydrogen-bond donors (Lipinski definition) is 0. The molecule has 2 aromatic rings. The highest BCUT2D eigenvalue weighted by Gasteiger charge is 2.23. The van der Waals surface area contributed by atoms with Crippen molar-refractivity contribution >= 4 is 38.8 Å². The van der Waals surface area contributed by atoms with Crippen molar-refractivity contribution in [2.75, 3.05) is 31.9 Å². The maximum Gasteiger partial charge on any atom is 0.257 e. The maximum atomic E-state index is 12.7. The van der Waals surface area contributed by atoms with E-state index in [-0.39, 0.29) is 16.6 Å². The highest BCUT2D eigenvalue weighted by molar-refractivity contribution is 7.99. The van der Waals surface area contributed by atoms with Crippen molar-refractivity contribution in [2.24, 2.45) is 5.92 Å². The predicted octanol–water partition coefficient (Wildman–Crippen LogP) is 3.21. The van der Waals surface area contributed by atoms with E-state index >= 15 is 0 Å². The number of nitrogens with zero attached hydrogens (tertiary/aromatic N) is 3. The van der Waals surface area contributed by atoms with Crippen LogP contribution in [-0.2, 0) is 14.8 Å². The first kappa shape index (κ1) is 21.1. The number of benzene rings is 1. The normalized spacial score (nSPS) is 16.2. The Morgan fingerprint density at radius 1 is 1.29 bits per heavy atom. The van der Waals surface area contributed by atoms with Gasteiger partial charge in [-0.25, -0.2) is 13.4 Å². The van der Waals surface area contributed by atoms with Crippen LogP contribution in [0.3, 0.4) is 0 Å². The molecule has 3 rings (SSSR count). The topological polar surface area (TPSA) is 83.7 Å². The minimum atomic E-state index is -3.54. The molecule has 1 saturated heterocycles. The Labute approximate surface area is 170 Å². The molecular formula is C19H27N3O4S2. The lowest BCUT2D eigenvalue weighted by molar-refractivity contribution is -0.129. The third-order valence-corrected chi connectivity index (χ3v) is 8.00. The number of rotatable bonds is 7. The Kier molecular flexibility index (Phi) is 6.67. The maximum absolute atomic E-state index is 12.7. The zero-order valence-corrected chi connectivity index (χ0v) is 18.2. The molecule has 0 aliphatic carbocycles. The van der Waals surface area contributed by atoms with Gasteiger partial charge >= 0.3 is 0 Å². The Bertz CT molecular complexity index is 930. The van der Waals surface area contributed by atoms with E-state index in [4.69, 9.17) is 4.42 Å². The van der Waals surface area contributed by atoms with Crippen LogP contribution < -0.4 is 0 Å². The average Bonchev–Trinajstić information content (AvgIpc) is 3.09. The van der Waals surface area contributed by atoms with Crippen LogP contribution >= 0.6 is 11.8 Å². The fourth-order valence-electron chi connectivity index (χ4n) is 3.29. The lowest BCUT2D eigenvalue weighted by Gasteiger charge is -2.30. The van der Waals surface area contributed by atoms with Gasteiger partial charge in [-0.05, 0) is 37.0 Å². The summed E-state index contributed by atoms with van der Waals surface area (Å²) in [5.41, 5.74) is 0.996. The summed E-state index contributed by atoms with van der Waals surface area (Å²) < 4.78 is 32.4. The SMILES string of the molecule is CCN(CC)S(=O)(=O)c1ccc2oc(SCC(=O)N3CCC(C)CC3)nc2c1. The molecule has 1 aromatic carbocycles. The molecule has 0 spiro atoms. The number of aromatic nitrogens is 1. The lowest BCUT2D eigenvalue weighted by atomic mass is 9.99. The molecule has 154 valence electrons. The number of amides is 1. The van der Waals surface area contributed by atoms with E-state index in [1.54, 1.807) is 6.07 Å². The van der Waals surface area contributed by atoms with Crippen LogP contribution in [0, 0.1) is 5.92 Å². The molecule has 2 heterocycles. The molecule has 0 saturated carbocycles. The van der Waals surface area contributed by atoms with Crippen LogP contribution in [-0.4, -0.2) is 60.4 Å². The number of likely N-dealkylation sites (tertiary alicyclic amines) is 1. The first-order chi connectivity index (χ1) is 13.3. The second kappa shape index (κ2) is 8.84. The summed E-state index contributed by atoms with van der Waals surface area (Å²) in [6, 6.07) is 4.69. The zero-order valence-electron chi connectivity index (χ0n) is 16.6. The Balaban J connectivity index is 1.70. The van der Waals surface area contributed by atoms with Crippen molar-refractivity contribution in [1.29, 1.82) is 0 Å². The van der Waals surface area contributed by atoms with Gasteiger partial charge in [-0.1, -0.05) is 32.5 Å². The number of hydrogen-bond acceptors (Lipinski definition) is 6. The highest BCUT2D eigenvalue weighted by atomic mass is 32.2. The van der Waals surface area contributed by atoms with E-state index in [9.17, 15) is 13.2 Å². The Hall–Kier alpha value is -1.58. The molecular weight excluding hydrogens is 398 g/mol. The van der Waals surface area contributed by atoms with E-state index in [2.05, 4.69) is 11.9 Å². The molecule has 0 radical (unpaired) electrons. The number of oxazole rings is 1. The van der Waals surface area contributed by atoms with Crippen molar-refractivity contribution in [2.45, 2.75) is 43.7 Å². The largest absolute Gasteiger partial charge is 0.431 e. The molecule has 1 aromatic heterocycles.